The second-order valence-electron chi connectivity index (χ2n) is 5.63. The van der Waals surface area contributed by atoms with Crippen LogP contribution in [0.5, 0.6) is 0 Å². The SMILES string of the molecule is C[C@H](Sc1nnc(-c2ccc(F)cc2)n1C)C(=O)Nc1cccc(Cl)c1. The van der Waals surface area contributed by atoms with Crippen molar-refractivity contribution in [1.29, 1.82) is 0 Å². The second-order valence-corrected chi connectivity index (χ2v) is 7.38. The Balaban J connectivity index is 1.70. The number of aromatic nitrogens is 3. The molecule has 1 N–H and O–H groups in total. The third-order valence-electron chi connectivity index (χ3n) is 3.68. The Labute approximate surface area is 159 Å². The lowest BCUT2D eigenvalue weighted by Crippen LogP contribution is -2.22. The van der Waals surface area contributed by atoms with Crippen molar-refractivity contribution in [3.05, 3.63) is 59.4 Å². The van der Waals surface area contributed by atoms with Crippen LogP contribution in [0.2, 0.25) is 5.02 Å². The monoisotopic (exact) mass is 390 g/mol. The number of nitrogens with one attached hydrogen (secondary N) is 1. The van der Waals surface area contributed by atoms with E-state index in [-0.39, 0.29) is 11.7 Å². The molecule has 0 saturated carbocycles. The summed E-state index contributed by atoms with van der Waals surface area (Å²) in [5.74, 6) is 0.135. The second kappa shape index (κ2) is 7.88. The molecular formula is C18H16ClFN4OS. The molecule has 3 aromatic rings. The molecule has 5 nitrogen and oxygen atoms in total. The number of carbonyl (C=O) groups is 1. The molecule has 1 atom stereocenters. The van der Waals surface area contributed by atoms with Crippen LogP contribution in [0.3, 0.4) is 0 Å². The lowest BCUT2D eigenvalue weighted by Gasteiger charge is -2.12. The Kier molecular flexibility index (Phi) is 5.58. The van der Waals surface area contributed by atoms with Crippen LogP contribution in [-0.2, 0) is 11.8 Å². The molecule has 1 aromatic heterocycles. The van der Waals surface area contributed by atoms with E-state index < -0.39 is 5.25 Å². The van der Waals surface area contributed by atoms with Crippen LogP contribution in [0.1, 0.15) is 6.92 Å². The molecule has 0 aliphatic rings. The normalized spacial score (nSPS) is 12.0. The Hall–Kier alpha value is -2.38. The number of thioether (sulfide) groups is 1. The van der Waals surface area contributed by atoms with Gasteiger partial charge in [-0.05, 0) is 49.4 Å². The van der Waals surface area contributed by atoms with E-state index in [0.717, 1.165) is 5.56 Å². The third-order valence-corrected chi connectivity index (χ3v) is 5.05. The van der Waals surface area contributed by atoms with Crippen LogP contribution >= 0.6 is 23.4 Å². The van der Waals surface area contributed by atoms with Crippen LogP contribution in [-0.4, -0.2) is 25.9 Å². The fraction of sp³-hybridized carbons (Fsp3) is 0.167. The standard InChI is InChI=1S/C18H16ClFN4OS/c1-11(17(25)21-15-5-3-4-13(19)10-15)26-18-23-22-16(24(18)2)12-6-8-14(20)9-7-12/h3-11H,1-2H3,(H,21,25)/t11-/m0/s1. The first-order chi connectivity index (χ1) is 12.4. The van der Waals surface area contributed by atoms with Gasteiger partial charge in [-0.3, -0.25) is 4.79 Å². The molecule has 0 aliphatic heterocycles. The van der Waals surface area contributed by atoms with Crippen LogP contribution in [0.4, 0.5) is 10.1 Å². The predicted molar refractivity (Wildman–Crippen MR) is 102 cm³/mol. The predicted octanol–water partition coefficient (Wildman–Crippen LogP) is 4.39. The van der Waals surface area contributed by atoms with E-state index in [1.54, 1.807) is 47.9 Å². The Morgan fingerprint density at radius 2 is 1.96 bits per heavy atom. The molecule has 26 heavy (non-hydrogen) atoms. The van der Waals surface area contributed by atoms with Crippen molar-refractivity contribution in [1.82, 2.24) is 14.8 Å². The van der Waals surface area contributed by atoms with Crippen molar-refractivity contribution in [2.75, 3.05) is 5.32 Å². The van der Waals surface area contributed by atoms with Crippen LogP contribution in [0.25, 0.3) is 11.4 Å². The third kappa shape index (κ3) is 4.23. The van der Waals surface area contributed by atoms with Gasteiger partial charge in [-0.25, -0.2) is 4.39 Å². The minimum Gasteiger partial charge on any atom is -0.325 e. The molecule has 1 amide bonds. The summed E-state index contributed by atoms with van der Waals surface area (Å²) in [7, 11) is 1.81. The minimum absolute atomic E-state index is 0.163. The zero-order valence-electron chi connectivity index (χ0n) is 14.1. The summed E-state index contributed by atoms with van der Waals surface area (Å²) in [5, 5.41) is 11.9. The summed E-state index contributed by atoms with van der Waals surface area (Å²) in [5.41, 5.74) is 1.39. The molecule has 3 rings (SSSR count). The molecule has 2 aromatic carbocycles. The van der Waals surface area contributed by atoms with E-state index >= 15 is 0 Å². The Morgan fingerprint density at radius 3 is 2.65 bits per heavy atom. The number of rotatable bonds is 5. The molecule has 0 radical (unpaired) electrons. The van der Waals surface area contributed by atoms with E-state index in [1.807, 2.05) is 7.05 Å². The number of amides is 1. The summed E-state index contributed by atoms with van der Waals surface area (Å²) in [6.45, 7) is 1.79. The number of anilines is 1. The van der Waals surface area contributed by atoms with Crippen molar-refractivity contribution in [2.45, 2.75) is 17.3 Å². The summed E-state index contributed by atoms with van der Waals surface area (Å²) in [6.07, 6.45) is 0. The average Bonchev–Trinajstić information content (AvgIpc) is 2.96. The van der Waals surface area contributed by atoms with Gasteiger partial charge in [-0.15, -0.1) is 10.2 Å². The van der Waals surface area contributed by atoms with Gasteiger partial charge in [0.15, 0.2) is 11.0 Å². The summed E-state index contributed by atoms with van der Waals surface area (Å²) < 4.78 is 14.9. The van der Waals surface area contributed by atoms with Gasteiger partial charge in [0.1, 0.15) is 5.82 Å². The lowest BCUT2D eigenvalue weighted by molar-refractivity contribution is -0.115. The van der Waals surface area contributed by atoms with E-state index in [2.05, 4.69) is 15.5 Å². The summed E-state index contributed by atoms with van der Waals surface area (Å²) in [4.78, 5) is 12.4. The first kappa shape index (κ1) is 18.4. The lowest BCUT2D eigenvalue weighted by atomic mass is 10.2. The zero-order chi connectivity index (χ0) is 18.7. The Morgan fingerprint density at radius 1 is 1.23 bits per heavy atom. The van der Waals surface area contributed by atoms with Gasteiger partial charge in [0.25, 0.3) is 0 Å². The van der Waals surface area contributed by atoms with Crippen molar-refractivity contribution in [3.63, 3.8) is 0 Å². The van der Waals surface area contributed by atoms with Gasteiger partial charge in [0.2, 0.25) is 5.91 Å². The Bertz CT molecular complexity index is 929. The zero-order valence-corrected chi connectivity index (χ0v) is 15.7. The maximum Gasteiger partial charge on any atom is 0.237 e. The highest BCUT2D eigenvalue weighted by molar-refractivity contribution is 8.00. The molecule has 0 aliphatic carbocycles. The molecule has 1 heterocycles. The molecular weight excluding hydrogens is 375 g/mol. The molecule has 8 heteroatoms. The van der Waals surface area contributed by atoms with Gasteiger partial charge >= 0.3 is 0 Å². The highest BCUT2D eigenvalue weighted by atomic mass is 35.5. The number of nitrogens with zero attached hydrogens (tertiary/aromatic N) is 3. The highest BCUT2D eigenvalue weighted by Crippen LogP contribution is 2.26. The van der Waals surface area contributed by atoms with E-state index in [4.69, 9.17) is 11.6 Å². The fourth-order valence-corrected chi connectivity index (χ4v) is 3.29. The van der Waals surface area contributed by atoms with Gasteiger partial charge in [0.05, 0.1) is 5.25 Å². The topological polar surface area (TPSA) is 59.8 Å². The highest BCUT2D eigenvalue weighted by Gasteiger charge is 2.19. The van der Waals surface area contributed by atoms with Crippen LogP contribution in [0.15, 0.2) is 53.7 Å². The summed E-state index contributed by atoms with van der Waals surface area (Å²) in [6, 6.07) is 13.0. The minimum atomic E-state index is -0.391. The van der Waals surface area contributed by atoms with Crippen molar-refractivity contribution in [3.8, 4) is 11.4 Å². The molecule has 0 fully saturated rings. The number of hydrogen-bond acceptors (Lipinski definition) is 4. The molecule has 0 saturated heterocycles. The first-order valence-corrected chi connectivity index (χ1v) is 9.08. The van der Waals surface area contributed by atoms with Crippen molar-refractivity contribution in [2.24, 2.45) is 7.05 Å². The van der Waals surface area contributed by atoms with Crippen molar-refractivity contribution < 1.29 is 9.18 Å². The molecule has 0 unspecified atom stereocenters. The van der Waals surface area contributed by atoms with E-state index in [9.17, 15) is 9.18 Å². The van der Waals surface area contributed by atoms with Gasteiger partial charge in [0, 0.05) is 23.3 Å². The average molecular weight is 391 g/mol. The number of halogens is 2. The van der Waals surface area contributed by atoms with Gasteiger partial charge < -0.3 is 9.88 Å². The van der Waals surface area contributed by atoms with Gasteiger partial charge in [-0.1, -0.05) is 29.4 Å². The number of hydrogen-bond donors (Lipinski definition) is 1. The smallest absolute Gasteiger partial charge is 0.237 e. The molecule has 134 valence electrons. The molecule has 0 bridgehead atoms. The first-order valence-electron chi connectivity index (χ1n) is 7.82. The van der Waals surface area contributed by atoms with Gasteiger partial charge in [-0.2, -0.15) is 0 Å². The van der Waals surface area contributed by atoms with Crippen molar-refractivity contribution >= 4 is 35.0 Å². The van der Waals surface area contributed by atoms with Crippen LogP contribution in [0, 0.1) is 5.82 Å². The number of benzene rings is 2. The van der Waals surface area contributed by atoms with Crippen LogP contribution < -0.4 is 5.32 Å². The number of carbonyl (C=O) groups excluding carboxylic acids is 1. The maximum atomic E-state index is 13.1. The van der Waals surface area contributed by atoms with E-state index in [0.29, 0.717) is 21.7 Å². The quantitative estimate of drug-likeness (QED) is 0.656. The molecule has 0 spiro atoms. The fourth-order valence-electron chi connectivity index (χ4n) is 2.29. The maximum absolute atomic E-state index is 13.1. The largest absolute Gasteiger partial charge is 0.325 e. The van der Waals surface area contributed by atoms with E-state index in [1.165, 1.54) is 23.9 Å². The summed E-state index contributed by atoms with van der Waals surface area (Å²) >= 11 is 7.22.